The van der Waals surface area contributed by atoms with Crippen molar-refractivity contribution in [2.75, 3.05) is 7.05 Å². The lowest BCUT2D eigenvalue weighted by Gasteiger charge is -2.04. The molecule has 0 saturated carbocycles. The molecule has 2 amide bonds. The van der Waals surface area contributed by atoms with E-state index in [1.807, 2.05) is 6.07 Å². The van der Waals surface area contributed by atoms with Crippen LogP contribution >= 0.6 is 0 Å². The molecule has 1 atom stereocenters. The largest absolute Gasteiger partial charge is 0.359 e. The summed E-state index contributed by atoms with van der Waals surface area (Å²) in [4.78, 5) is 21.5. The van der Waals surface area contributed by atoms with Crippen LogP contribution < -0.4 is 10.6 Å². The van der Waals surface area contributed by atoms with Gasteiger partial charge in [0.2, 0.25) is 11.8 Å². The second-order valence-corrected chi connectivity index (χ2v) is 2.27. The van der Waals surface area contributed by atoms with Crippen molar-refractivity contribution in [1.82, 2.24) is 10.6 Å². The highest BCUT2D eigenvalue weighted by Crippen LogP contribution is 1.82. The van der Waals surface area contributed by atoms with Gasteiger partial charge in [0.05, 0.1) is 6.07 Å². The van der Waals surface area contributed by atoms with Gasteiger partial charge in [0.1, 0.15) is 12.5 Å². The van der Waals surface area contributed by atoms with Crippen LogP contribution in [0.1, 0.15) is 13.3 Å². The van der Waals surface area contributed by atoms with Gasteiger partial charge in [-0.1, -0.05) is 0 Å². The van der Waals surface area contributed by atoms with Gasteiger partial charge in [0, 0.05) is 7.05 Å². The number of nitrogens with one attached hydrogen (secondary N) is 2. The van der Waals surface area contributed by atoms with E-state index in [9.17, 15) is 9.59 Å². The van der Waals surface area contributed by atoms with Gasteiger partial charge in [-0.05, 0) is 6.92 Å². The third-order valence-corrected chi connectivity index (χ3v) is 1.17. The zero-order valence-electron chi connectivity index (χ0n) is 7.05. The molecule has 0 saturated heterocycles. The number of nitriles is 1. The van der Waals surface area contributed by atoms with Gasteiger partial charge < -0.3 is 10.6 Å². The van der Waals surface area contributed by atoms with Gasteiger partial charge in [-0.3, -0.25) is 9.59 Å². The summed E-state index contributed by atoms with van der Waals surface area (Å²) in [6.45, 7) is 1.54. The van der Waals surface area contributed by atoms with Crippen molar-refractivity contribution in [1.29, 1.82) is 5.26 Å². The predicted octanol–water partition coefficient (Wildman–Crippen LogP) is -0.849. The molecule has 0 aliphatic rings. The van der Waals surface area contributed by atoms with Crippen LogP contribution in [-0.2, 0) is 9.59 Å². The van der Waals surface area contributed by atoms with Crippen LogP contribution in [-0.4, -0.2) is 24.9 Å². The number of carbonyl (C=O) groups excluding carboxylic acids is 2. The molecule has 0 aromatic carbocycles. The van der Waals surface area contributed by atoms with Crippen LogP contribution in [0.4, 0.5) is 0 Å². The van der Waals surface area contributed by atoms with Crippen LogP contribution in [0.25, 0.3) is 0 Å². The van der Waals surface area contributed by atoms with Gasteiger partial charge in [-0.15, -0.1) is 0 Å². The Morgan fingerprint density at radius 3 is 2.50 bits per heavy atom. The molecule has 5 heteroatoms. The van der Waals surface area contributed by atoms with Crippen molar-refractivity contribution in [3.8, 4) is 6.07 Å². The summed E-state index contributed by atoms with van der Waals surface area (Å²) in [7, 11) is 1.45. The Morgan fingerprint density at radius 1 is 1.50 bits per heavy atom. The Bertz CT molecular complexity index is 219. The Kier molecular flexibility index (Phi) is 4.46. The summed E-state index contributed by atoms with van der Waals surface area (Å²) >= 11 is 0. The number of hydrogen-bond acceptors (Lipinski definition) is 3. The van der Waals surface area contributed by atoms with E-state index < -0.39 is 11.9 Å². The van der Waals surface area contributed by atoms with Crippen LogP contribution in [0.3, 0.4) is 0 Å². The maximum Gasteiger partial charge on any atom is 0.230 e. The average molecular weight is 169 g/mol. The zero-order chi connectivity index (χ0) is 9.56. The fourth-order valence-corrected chi connectivity index (χ4v) is 0.559. The molecular formula is C7H11N3O2. The third kappa shape index (κ3) is 4.28. The first-order valence-corrected chi connectivity index (χ1v) is 3.49. The number of hydrogen-bond donors (Lipinski definition) is 2. The van der Waals surface area contributed by atoms with Crippen molar-refractivity contribution in [2.45, 2.75) is 19.4 Å². The van der Waals surface area contributed by atoms with Crippen molar-refractivity contribution in [3.63, 3.8) is 0 Å². The second kappa shape index (κ2) is 5.13. The maximum absolute atomic E-state index is 10.9. The normalized spacial score (nSPS) is 11.1. The summed E-state index contributed by atoms with van der Waals surface area (Å²) in [6, 6.07) is 1.27. The summed E-state index contributed by atoms with van der Waals surface area (Å²) in [5.74, 6) is -0.805. The van der Waals surface area contributed by atoms with E-state index >= 15 is 0 Å². The molecule has 0 rings (SSSR count). The van der Waals surface area contributed by atoms with E-state index in [2.05, 4.69) is 10.6 Å². The Balaban J connectivity index is 3.76. The molecule has 0 radical (unpaired) electrons. The molecule has 0 unspecified atom stereocenters. The molecule has 0 aromatic heterocycles. The molecule has 2 N–H and O–H groups in total. The number of nitrogens with zero attached hydrogens (tertiary/aromatic N) is 1. The molecule has 0 fully saturated rings. The van der Waals surface area contributed by atoms with E-state index in [4.69, 9.17) is 5.26 Å². The molecule has 0 heterocycles. The van der Waals surface area contributed by atoms with E-state index in [1.54, 1.807) is 6.92 Å². The Labute approximate surface area is 70.7 Å². The first kappa shape index (κ1) is 10.4. The van der Waals surface area contributed by atoms with Crippen molar-refractivity contribution in [3.05, 3.63) is 0 Å². The number of carbonyl (C=O) groups is 2. The van der Waals surface area contributed by atoms with E-state index in [0.717, 1.165) is 0 Å². The van der Waals surface area contributed by atoms with Gasteiger partial charge in [-0.2, -0.15) is 5.26 Å². The van der Waals surface area contributed by atoms with Crippen molar-refractivity contribution in [2.24, 2.45) is 0 Å². The lowest BCUT2D eigenvalue weighted by atomic mass is 10.3. The van der Waals surface area contributed by atoms with Crippen LogP contribution in [0.5, 0.6) is 0 Å². The van der Waals surface area contributed by atoms with E-state index in [0.29, 0.717) is 0 Å². The van der Waals surface area contributed by atoms with Crippen molar-refractivity contribution >= 4 is 11.8 Å². The highest BCUT2D eigenvalue weighted by Gasteiger charge is 2.09. The summed E-state index contributed by atoms with van der Waals surface area (Å²) in [5, 5.41) is 12.9. The minimum atomic E-state index is -0.554. The monoisotopic (exact) mass is 169 g/mol. The molecular weight excluding hydrogens is 158 g/mol. The average Bonchev–Trinajstić information content (AvgIpc) is 2.03. The van der Waals surface area contributed by atoms with E-state index in [-0.39, 0.29) is 12.3 Å². The van der Waals surface area contributed by atoms with Crippen LogP contribution in [0.2, 0.25) is 0 Å². The van der Waals surface area contributed by atoms with Crippen molar-refractivity contribution < 1.29 is 9.59 Å². The maximum atomic E-state index is 10.9. The van der Waals surface area contributed by atoms with Crippen LogP contribution in [0, 0.1) is 11.3 Å². The molecule has 12 heavy (non-hydrogen) atoms. The lowest BCUT2D eigenvalue weighted by molar-refractivity contribution is -0.129. The summed E-state index contributed by atoms with van der Waals surface area (Å²) in [5.41, 5.74) is 0. The SMILES string of the molecule is CNC(=O)CC(=O)N[C@H](C)C#N. The lowest BCUT2D eigenvalue weighted by Crippen LogP contribution is -2.35. The van der Waals surface area contributed by atoms with E-state index in [1.165, 1.54) is 7.05 Å². The van der Waals surface area contributed by atoms with Gasteiger partial charge in [0.15, 0.2) is 0 Å². The Hall–Kier alpha value is -1.57. The molecule has 0 aromatic rings. The summed E-state index contributed by atoms with van der Waals surface area (Å²) in [6.07, 6.45) is -0.234. The molecule has 5 nitrogen and oxygen atoms in total. The smallest absolute Gasteiger partial charge is 0.230 e. The van der Waals surface area contributed by atoms with Gasteiger partial charge >= 0.3 is 0 Å². The first-order chi connectivity index (χ1) is 5.60. The van der Waals surface area contributed by atoms with Gasteiger partial charge in [-0.25, -0.2) is 0 Å². The minimum absolute atomic E-state index is 0.234. The molecule has 0 aliphatic carbocycles. The molecule has 0 bridgehead atoms. The quantitative estimate of drug-likeness (QED) is 0.540. The third-order valence-electron chi connectivity index (χ3n) is 1.17. The van der Waals surface area contributed by atoms with Gasteiger partial charge in [0.25, 0.3) is 0 Å². The first-order valence-electron chi connectivity index (χ1n) is 3.49. The highest BCUT2D eigenvalue weighted by atomic mass is 16.2. The number of rotatable bonds is 3. The molecule has 0 spiro atoms. The molecule has 0 aliphatic heterocycles. The fraction of sp³-hybridized carbons (Fsp3) is 0.571. The minimum Gasteiger partial charge on any atom is -0.359 e. The second-order valence-electron chi connectivity index (χ2n) is 2.27. The highest BCUT2D eigenvalue weighted by molar-refractivity contribution is 5.96. The standard InChI is InChI=1S/C7H11N3O2/c1-5(4-8)10-7(12)3-6(11)9-2/h5H,3H2,1-2H3,(H,9,11)(H,10,12)/t5-/m1/s1. The van der Waals surface area contributed by atoms with Crippen LogP contribution in [0.15, 0.2) is 0 Å². The fourth-order valence-electron chi connectivity index (χ4n) is 0.559. The predicted molar refractivity (Wildman–Crippen MR) is 41.9 cm³/mol. The Morgan fingerprint density at radius 2 is 2.08 bits per heavy atom. The number of amides is 2. The topological polar surface area (TPSA) is 82.0 Å². The summed E-state index contributed by atoms with van der Waals surface area (Å²) < 4.78 is 0. The zero-order valence-corrected chi connectivity index (χ0v) is 7.05. The molecule has 66 valence electrons.